The van der Waals surface area contributed by atoms with Crippen molar-refractivity contribution in [3.05, 3.63) is 35.8 Å². The third kappa shape index (κ3) is 3.10. The minimum atomic E-state index is -1.01. The van der Waals surface area contributed by atoms with E-state index < -0.39 is 29.8 Å². The van der Waals surface area contributed by atoms with Crippen molar-refractivity contribution in [2.24, 2.45) is 0 Å². The van der Waals surface area contributed by atoms with E-state index in [-0.39, 0.29) is 25.4 Å². The first kappa shape index (κ1) is 16.4. The monoisotopic (exact) mass is 336 g/mol. The maximum absolute atomic E-state index is 13.2. The van der Waals surface area contributed by atoms with Crippen LogP contribution in [0.5, 0.6) is 0 Å². The summed E-state index contributed by atoms with van der Waals surface area (Å²) >= 11 is 0. The number of carbonyl (C=O) groups excluding carboxylic acids is 1. The number of carboxylic acids is 1. The summed E-state index contributed by atoms with van der Waals surface area (Å²) in [4.78, 5) is 26.2. The summed E-state index contributed by atoms with van der Waals surface area (Å²) in [6.45, 7) is 0.0434. The highest BCUT2D eigenvalue weighted by atomic mass is 19.1. The van der Waals surface area contributed by atoms with Crippen molar-refractivity contribution in [3.63, 3.8) is 0 Å². The molecule has 1 saturated heterocycles. The number of rotatable bonds is 4. The molecule has 1 aliphatic rings. The van der Waals surface area contributed by atoms with Gasteiger partial charge in [0.25, 0.3) is 5.91 Å². The van der Waals surface area contributed by atoms with Gasteiger partial charge in [0.2, 0.25) is 0 Å². The number of aliphatic hydroxyl groups is 1. The standard InChI is InChI=1S/C16H17FN2O5/c1-18(8-15(21)22)11-6-19(7-12(11)20)16(23)14-5-9-4-10(17)2-3-13(9)24-14/h2-5,11-12,20H,6-8H2,1H3,(H,21,22)/t11-,12-/m1/s1. The van der Waals surface area contributed by atoms with Gasteiger partial charge in [0, 0.05) is 18.5 Å². The van der Waals surface area contributed by atoms with Gasteiger partial charge in [-0.1, -0.05) is 0 Å². The molecule has 0 spiro atoms. The number of likely N-dealkylation sites (N-methyl/N-ethyl adjacent to an activating group) is 1. The van der Waals surface area contributed by atoms with Crippen molar-refractivity contribution in [1.82, 2.24) is 9.80 Å². The molecule has 8 heteroatoms. The van der Waals surface area contributed by atoms with Crippen LogP contribution in [0, 0.1) is 5.82 Å². The van der Waals surface area contributed by atoms with Gasteiger partial charge >= 0.3 is 5.97 Å². The number of carbonyl (C=O) groups is 2. The number of hydrogen-bond acceptors (Lipinski definition) is 5. The number of halogens is 1. The van der Waals surface area contributed by atoms with Gasteiger partial charge in [-0.05, 0) is 31.3 Å². The molecular weight excluding hydrogens is 319 g/mol. The van der Waals surface area contributed by atoms with E-state index in [1.807, 2.05) is 0 Å². The van der Waals surface area contributed by atoms with E-state index in [1.165, 1.54) is 34.1 Å². The molecule has 0 aliphatic carbocycles. The summed E-state index contributed by atoms with van der Waals surface area (Å²) in [5.41, 5.74) is 0.402. The van der Waals surface area contributed by atoms with Gasteiger partial charge < -0.3 is 19.5 Å². The lowest BCUT2D eigenvalue weighted by Crippen LogP contribution is -2.43. The summed E-state index contributed by atoms with van der Waals surface area (Å²) < 4.78 is 18.7. The summed E-state index contributed by atoms with van der Waals surface area (Å²) in [6, 6.07) is 4.96. The minimum absolute atomic E-state index is 0.0596. The second-order valence-electron chi connectivity index (χ2n) is 5.95. The van der Waals surface area contributed by atoms with Gasteiger partial charge in [-0.25, -0.2) is 4.39 Å². The number of hydrogen-bond donors (Lipinski definition) is 2. The van der Waals surface area contributed by atoms with Crippen molar-refractivity contribution in [1.29, 1.82) is 0 Å². The summed E-state index contributed by atoms with van der Waals surface area (Å²) in [7, 11) is 1.58. The number of furan rings is 1. The number of amides is 1. The van der Waals surface area contributed by atoms with Gasteiger partial charge in [0.1, 0.15) is 11.4 Å². The van der Waals surface area contributed by atoms with Gasteiger partial charge in [-0.2, -0.15) is 0 Å². The fourth-order valence-electron chi connectivity index (χ4n) is 2.97. The number of nitrogens with zero attached hydrogens (tertiary/aromatic N) is 2. The quantitative estimate of drug-likeness (QED) is 0.857. The topological polar surface area (TPSA) is 94.2 Å². The smallest absolute Gasteiger partial charge is 0.317 e. The second kappa shape index (κ2) is 6.21. The lowest BCUT2D eigenvalue weighted by molar-refractivity contribution is -0.138. The van der Waals surface area contributed by atoms with E-state index in [9.17, 15) is 19.1 Å². The Bertz CT molecular complexity index is 790. The van der Waals surface area contributed by atoms with E-state index >= 15 is 0 Å². The largest absolute Gasteiger partial charge is 0.480 e. The summed E-state index contributed by atoms with van der Waals surface area (Å²) in [5.74, 6) is -1.79. The molecule has 2 N–H and O–H groups in total. The van der Waals surface area contributed by atoms with E-state index in [0.29, 0.717) is 11.0 Å². The lowest BCUT2D eigenvalue weighted by Gasteiger charge is -2.24. The molecule has 3 rings (SSSR count). The minimum Gasteiger partial charge on any atom is -0.480 e. The number of β-amino-alcohol motifs (C(OH)–C–C–N with tert-alkyl or cyclic N) is 1. The fraction of sp³-hybridized carbons (Fsp3) is 0.375. The highest BCUT2D eigenvalue weighted by molar-refractivity contribution is 5.96. The molecule has 2 heterocycles. The Kier molecular flexibility index (Phi) is 4.25. The average molecular weight is 336 g/mol. The lowest BCUT2D eigenvalue weighted by atomic mass is 10.2. The molecule has 2 atom stereocenters. The van der Waals surface area contributed by atoms with Gasteiger partial charge in [0.05, 0.1) is 18.7 Å². The molecular formula is C16H17FN2O5. The van der Waals surface area contributed by atoms with Crippen molar-refractivity contribution >= 4 is 22.8 Å². The van der Waals surface area contributed by atoms with E-state index in [1.54, 1.807) is 7.05 Å². The van der Waals surface area contributed by atoms with Crippen molar-refractivity contribution in [2.75, 3.05) is 26.7 Å². The summed E-state index contributed by atoms with van der Waals surface area (Å²) in [5, 5.41) is 19.4. The average Bonchev–Trinajstić information content (AvgIpc) is 3.08. The maximum Gasteiger partial charge on any atom is 0.317 e. The van der Waals surface area contributed by atoms with E-state index in [4.69, 9.17) is 9.52 Å². The Labute approximate surface area is 136 Å². The SMILES string of the molecule is CN(CC(=O)O)[C@@H]1CN(C(=O)c2cc3cc(F)ccc3o2)C[C@H]1O. The Balaban J connectivity index is 1.76. The summed E-state index contributed by atoms with van der Waals surface area (Å²) in [6.07, 6.45) is -0.847. The third-order valence-electron chi connectivity index (χ3n) is 4.19. The number of likely N-dealkylation sites (tertiary alicyclic amines) is 1. The highest BCUT2D eigenvalue weighted by Gasteiger charge is 2.38. The number of aliphatic carboxylic acids is 1. The number of benzene rings is 1. The molecule has 1 amide bonds. The van der Waals surface area contributed by atoms with Crippen LogP contribution in [-0.2, 0) is 4.79 Å². The molecule has 128 valence electrons. The van der Waals surface area contributed by atoms with Crippen LogP contribution in [0.15, 0.2) is 28.7 Å². The first-order valence-electron chi connectivity index (χ1n) is 7.43. The van der Waals surface area contributed by atoms with Crippen molar-refractivity contribution in [3.8, 4) is 0 Å². The predicted molar refractivity (Wildman–Crippen MR) is 82.1 cm³/mol. The fourth-order valence-corrected chi connectivity index (χ4v) is 2.97. The zero-order valence-electron chi connectivity index (χ0n) is 13.0. The van der Waals surface area contributed by atoms with Crippen molar-refractivity contribution < 1.29 is 28.6 Å². The maximum atomic E-state index is 13.2. The first-order valence-corrected chi connectivity index (χ1v) is 7.43. The van der Waals surface area contributed by atoms with Gasteiger partial charge in [-0.15, -0.1) is 0 Å². The van der Waals surface area contributed by atoms with Crippen LogP contribution >= 0.6 is 0 Å². The first-order chi connectivity index (χ1) is 11.3. The zero-order valence-corrected chi connectivity index (χ0v) is 13.0. The molecule has 7 nitrogen and oxygen atoms in total. The number of fused-ring (bicyclic) bond motifs is 1. The van der Waals surface area contributed by atoms with Crippen LogP contribution in [-0.4, -0.2) is 70.7 Å². The van der Waals surface area contributed by atoms with Gasteiger partial charge in [0.15, 0.2) is 5.76 Å². The number of aliphatic hydroxyl groups excluding tert-OH is 1. The van der Waals surface area contributed by atoms with Crippen LogP contribution in [0.25, 0.3) is 11.0 Å². The molecule has 0 saturated carbocycles. The Hall–Kier alpha value is -2.45. The second-order valence-corrected chi connectivity index (χ2v) is 5.95. The van der Waals surface area contributed by atoms with Crippen molar-refractivity contribution in [2.45, 2.75) is 12.1 Å². The van der Waals surface area contributed by atoms with Gasteiger partial charge in [-0.3, -0.25) is 14.5 Å². The highest BCUT2D eigenvalue weighted by Crippen LogP contribution is 2.24. The van der Waals surface area contributed by atoms with Crippen LogP contribution < -0.4 is 0 Å². The molecule has 0 radical (unpaired) electrons. The third-order valence-corrected chi connectivity index (χ3v) is 4.19. The predicted octanol–water partition coefficient (Wildman–Crippen LogP) is 0.774. The number of carboxylic acid groups (broad SMARTS) is 1. The molecule has 1 aliphatic heterocycles. The Morgan fingerprint density at radius 1 is 1.38 bits per heavy atom. The Morgan fingerprint density at radius 2 is 2.12 bits per heavy atom. The van der Waals surface area contributed by atoms with Crippen LogP contribution in [0.1, 0.15) is 10.6 Å². The Morgan fingerprint density at radius 3 is 2.83 bits per heavy atom. The molecule has 24 heavy (non-hydrogen) atoms. The van der Waals surface area contributed by atoms with E-state index in [2.05, 4.69) is 0 Å². The molecule has 1 aromatic carbocycles. The normalized spacial score (nSPS) is 20.9. The van der Waals surface area contributed by atoms with Crippen LogP contribution in [0.4, 0.5) is 4.39 Å². The molecule has 0 bridgehead atoms. The molecule has 0 unspecified atom stereocenters. The van der Waals surface area contributed by atoms with Crippen LogP contribution in [0.3, 0.4) is 0 Å². The molecule has 2 aromatic rings. The van der Waals surface area contributed by atoms with Crippen LogP contribution in [0.2, 0.25) is 0 Å². The van der Waals surface area contributed by atoms with E-state index in [0.717, 1.165) is 0 Å². The molecule has 1 fully saturated rings. The zero-order chi connectivity index (χ0) is 17.4. The molecule has 1 aromatic heterocycles.